The van der Waals surface area contributed by atoms with Crippen LogP contribution in [0.3, 0.4) is 0 Å². The first-order valence-corrected chi connectivity index (χ1v) is 4.85. The zero-order chi connectivity index (χ0) is 13.7. The lowest BCUT2D eigenvalue weighted by molar-refractivity contribution is -0.384. The van der Waals surface area contributed by atoms with Gasteiger partial charge in [-0.05, 0) is 18.6 Å². The fraction of sp³-hybridized carbons (Fsp3) is 0.0909. The van der Waals surface area contributed by atoms with Crippen molar-refractivity contribution in [1.29, 1.82) is 0 Å². The number of hydrogen-bond acceptors (Lipinski definition) is 5. The van der Waals surface area contributed by atoms with E-state index in [1.165, 1.54) is 18.2 Å². The molecule has 1 aromatic rings. The third-order valence-electron chi connectivity index (χ3n) is 2.06. The van der Waals surface area contributed by atoms with Crippen LogP contribution in [-0.4, -0.2) is 16.8 Å². The third-order valence-corrected chi connectivity index (χ3v) is 2.06. The molecule has 1 rings (SSSR count). The minimum atomic E-state index is -1.50. The highest BCUT2D eigenvalue weighted by molar-refractivity contribution is 6.02. The number of carboxylic acid groups (broad SMARTS) is 1. The van der Waals surface area contributed by atoms with E-state index in [-0.39, 0.29) is 11.4 Å². The maximum Gasteiger partial charge on any atom is 0.271 e. The number of carbonyl (C=O) groups is 2. The van der Waals surface area contributed by atoms with Gasteiger partial charge in [-0.2, -0.15) is 0 Å². The zero-order valence-corrected chi connectivity index (χ0v) is 9.38. The van der Waals surface area contributed by atoms with Crippen LogP contribution in [0.25, 0.3) is 0 Å². The predicted octanol–water partition coefficient (Wildman–Crippen LogP) is 0.148. The van der Waals surface area contributed by atoms with Crippen LogP contribution < -0.4 is 10.4 Å². The van der Waals surface area contributed by atoms with Crippen molar-refractivity contribution in [1.82, 2.24) is 0 Å². The molecule has 94 valence electrons. The van der Waals surface area contributed by atoms with Crippen LogP contribution in [0.2, 0.25) is 0 Å². The monoisotopic (exact) mass is 249 g/mol. The summed E-state index contributed by atoms with van der Waals surface area (Å²) in [6, 6.07) is 3.98. The molecule has 0 heterocycles. The van der Waals surface area contributed by atoms with E-state index in [2.05, 4.69) is 5.32 Å². The largest absolute Gasteiger partial charge is 0.545 e. The average Bonchev–Trinajstić information content (AvgIpc) is 2.29. The van der Waals surface area contributed by atoms with E-state index in [0.29, 0.717) is 11.6 Å². The molecule has 0 spiro atoms. The molecule has 0 aliphatic rings. The fourth-order valence-corrected chi connectivity index (χ4v) is 1.18. The molecule has 0 unspecified atom stereocenters. The summed E-state index contributed by atoms with van der Waals surface area (Å²) in [5.74, 6) is -2.20. The molecule has 0 radical (unpaired) electrons. The van der Waals surface area contributed by atoms with Crippen molar-refractivity contribution in [3.63, 3.8) is 0 Å². The molecule has 1 amide bonds. The average molecular weight is 249 g/mol. The minimum Gasteiger partial charge on any atom is -0.545 e. The van der Waals surface area contributed by atoms with Crippen molar-refractivity contribution in [2.45, 2.75) is 6.92 Å². The molecule has 1 aromatic carbocycles. The molecule has 7 nitrogen and oxygen atoms in total. The van der Waals surface area contributed by atoms with Crippen molar-refractivity contribution >= 4 is 23.3 Å². The van der Waals surface area contributed by atoms with Gasteiger partial charge in [0, 0.05) is 18.2 Å². The second-order valence-corrected chi connectivity index (χ2v) is 3.40. The number of nitrogens with one attached hydrogen (secondary N) is 1. The van der Waals surface area contributed by atoms with Gasteiger partial charge in [-0.3, -0.25) is 14.9 Å². The summed E-state index contributed by atoms with van der Waals surface area (Å²) in [6.07, 6.45) is 1.34. The Kier molecular flexibility index (Phi) is 4.14. The summed E-state index contributed by atoms with van der Waals surface area (Å²) in [6.45, 7) is 1.65. The Hall–Kier alpha value is -2.70. The highest BCUT2D eigenvalue weighted by Gasteiger charge is 2.09. The van der Waals surface area contributed by atoms with Gasteiger partial charge in [0.15, 0.2) is 0 Å². The Morgan fingerprint density at radius 3 is 2.56 bits per heavy atom. The number of benzene rings is 1. The summed E-state index contributed by atoms with van der Waals surface area (Å²) < 4.78 is 0. The van der Waals surface area contributed by atoms with Gasteiger partial charge >= 0.3 is 0 Å². The molecule has 0 saturated carbocycles. The molecular weight excluding hydrogens is 240 g/mol. The summed E-state index contributed by atoms with van der Waals surface area (Å²) in [5, 5.41) is 23.0. The minimum absolute atomic E-state index is 0.167. The number of non-ortho nitro benzene ring substituents is 1. The Morgan fingerprint density at radius 1 is 1.33 bits per heavy atom. The first-order valence-electron chi connectivity index (χ1n) is 4.85. The van der Waals surface area contributed by atoms with Crippen LogP contribution in [0, 0.1) is 17.0 Å². The van der Waals surface area contributed by atoms with Crippen LogP contribution in [0.5, 0.6) is 0 Å². The summed E-state index contributed by atoms with van der Waals surface area (Å²) in [4.78, 5) is 31.4. The summed E-state index contributed by atoms with van der Waals surface area (Å²) in [7, 11) is 0. The molecular formula is C11H9N2O5-. The van der Waals surface area contributed by atoms with E-state index >= 15 is 0 Å². The van der Waals surface area contributed by atoms with E-state index in [1.807, 2.05) is 0 Å². The number of aliphatic carboxylic acids is 1. The van der Waals surface area contributed by atoms with E-state index < -0.39 is 16.8 Å². The second-order valence-electron chi connectivity index (χ2n) is 3.40. The van der Waals surface area contributed by atoms with Crippen LogP contribution in [0.1, 0.15) is 5.56 Å². The Morgan fingerprint density at radius 2 is 2.00 bits per heavy atom. The van der Waals surface area contributed by atoms with E-state index in [0.717, 1.165) is 6.08 Å². The van der Waals surface area contributed by atoms with Gasteiger partial charge in [0.2, 0.25) is 5.91 Å². The third kappa shape index (κ3) is 3.71. The number of rotatable bonds is 4. The highest BCUT2D eigenvalue weighted by atomic mass is 16.6. The predicted molar refractivity (Wildman–Crippen MR) is 60.6 cm³/mol. The van der Waals surface area contributed by atoms with Gasteiger partial charge in [0.1, 0.15) is 0 Å². The molecule has 1 N–H and O–H groups in total. The van der Waals surface area contributed by atoms with Crippen LogP contribution in [-0.2, 0) is 9.59 Å². The first-order chi connectivity index (χ1) is 8.40. The number of nitrogens with zero attached hydrogens (tertiary/aromatic N) is 1. The molecule has 0 atom stereocenters. The second kappa shape index (κ2) is 5.58. The molecule has 0 aromatic heterocycles. The van der Waals surface area contributed by atoms with Crippen molar-refractivity contribution in [2.75, 3.05) is 5.32 Å². The SMILES string of the molecule is Cc1ccc([N+](=O)[O-])cc1NC(=O)C=CC(=O)[O-]. The molecule has 0 bridgehead atoms. The number of amides is 1. The van der Waals surface area contributed by atoms with Gasteiger partial charge in [-0.15, -0.1) is 0 Å². The lowest BCUT2D eigenvalue weighted by Crippen LogP contribution is -2.20. The molecule has 18 heavy (non-hydrogen) atoms. The van der Waals surface area contributed by atoms with Gasteiger partial charge in [0.25, 0.3) is 5.69 Å². The summed E-state index contributed by atoms with van der Waals surface area (Å²) >= 11 is 0. The summed E-state index contributed by atoms with van der Waals surface area (Å²) in [5.41, 5.74) is 0.702. The normalized spacial score (nSPS) is 10.3. The number of carboxylic acids is 1. The molecule has 7 heteroatoms. The smallest absolute Gasteiger partial charge is 0.271 e. The van der Waals surface area contributed by atoms with E-state index in [9.17, 15) is 24.8 Å². The van der Waals surface area contributed by atoms with Gasteiger partial charge < -0.3 is 15.2 Å². The maximum absolute atomic E-state index is 11.3. The highest BCUT2D eigenvalue weighted by Crippen LogP contribution is 2.21. The van der Waals surface area contributed by atoms with E-state index in [4.69, 9.17) is 0 Å². The molecule has 0 saturated heterocycles. The number of nitro groups is 1. The topological polar surface area (TPSA) is 112 Å². The maximum atomic E-state index is 11.3. The van der Waals surface area contributed by atoms with Crippen molar-refractivity contribution < 1.29 is 19.6 Å². The number of aryl methyl sites for hydroxylation is 1. The zero-order valence-electron chi connectivity index (χ0n) is 9.38. The fourth-order valence-electron chi connectivity index (χ4n) is 1.18. The van der Waals surface area contributed by atoms with Crippen molar-refractivity contribution in [3.05, 3.63) is 46.0 Å². The molecule has 0 aliphatic heterocycles. The van der Waals surface area contributed by atoms with Crippen LogP contribution in [0.4, 0.5) is 11.4 Å². The lowest BCUT2D eigenvalue weighted by Gasteiger charge is -2.05. The number of hydrogen-bond donors (Lipinski definition) is 1. The standard InChI is InChI=1S/C11H10N2O5/c1-7-2-3-8(13(17)18)6-9(7)12-10(14)4-5-11(15)16/h2-6H,1H3,(H,12,14)(H,15,16)/p-1. The quantitative estimate of drug-likeness (QED) is 0.463. The van der Waals surface area contributed by atoms with Gasteiger partial charge in [0.05, 0.1) is 16.6 Å². The van der Waals surface area contributed by atoms with E-state index in [1.54, 1.807) is 6.92 Å². The van der Waals surface area contributed by atoms with Crippen LogP contribution in [0.15, 0.2) is 30.4 Å². The Balaban J connectivity index is 2.90. The Bertz CT molecular complexity index is 536. The molecule has 0 fully saturated rings. The van der Waals surface area contributed by atoms with Crippen molar-refractivity contribution in [2.24, 2.45) is 0 Å². The Labute approximate surface area is 102 Å². The van der Waals surface area contributed by atoms with Gasteiger partial charge in [-0.25, -0.2) is 0 Å². The first kappa shape index (κ1) is 13.4. The lowest BCUT2D eigenvalue weighted by atomic mass is 10.2. The van der Waals surface area contributed by atoms with Gasteiger partial charge in [-0.1, -0.05) is 6.07 Å². The number of carbonyl (C=O) groups excluding carboxylic acids is 2. The van der Waals surface area contributed by atoms with Crippen LogP contribution >= 0.6 is 0 Å². The molecule has 0 aliphatic carbocycles. The number of nitro benzene ring substituents is 1. The number of anilines is 1. The van der Waals surface area contributed by atoms with Crippen molar-refractivity contribution in [3.8, 4) is 0 Å².